The SMILES string of the molecule is COc1ncc(C2=NN=C(Cl)C(C)([C@H]3C[C@@H]3C(C)O)C2)c(OC)n1. The third-order valence-electron chi connectivity index (χ3n) is 4.96. The number of ether oxygens (including phenoxy) is 2. The lowest BCUT2D eigenvalue weighted by Crippen LogP contribution is -2.34. The van der Waals surface area contributed by atoms with Crippen molar-refractivity contribution in [3.8, 4) is 11.9 Å². The monoisotopic (exact) mass is 352 g/mol. The van der Waals surface area contributed by atoms with Gasteiger partial charge in [-0.15, -0.1) is 5.10 Å². The molecule has 2 unspecified atom stereocenters. The first-order valence-electron chi connectivity index (χ1n) is 7.84. The Balaban J connectivity index is 1.91. The molecular formula is C16H21ClN4O3. The van der Waals surface area contributed by atoms with Gasteiger partial charge in [0.25, 0.3) is 0 Å². The van der Waals surface area contributed by atoms with E-state index in [4.69, 9.17) is 21.1 Å². The molecule has 0 aromatic carbocycles. The summed E-state index contributed by atoms with van der Waals surface area (Å²) in [6, 6.07) is 0.229. The molecule has 0 bridgehead atoms. The molecule has 1 aromatic rings. The Kier molecular flexibility index (Phi) is 4.48. The molecule has 24 heavy (non-hydrogen) atoms. The van der Waals surface area contributed by atoms with Crippen LogP contribution in [0.25, 0.3) is 0 Å². The number of halogens is 1. The number of aliphatic hydroxyl groups is 1. The number of rotatable bonds is 5. The van der Waals surface area contributed by atoms with Crippen LogP contribution in [0.1, 0.15) is 32.3 Å². The summed E-state index contributed by atoms with van der Waals surface area (Å²) in [6.07, 6.45) is 2.80. The van der Waals surface area contributed by atoms with Crippen molar-refractivity contribution in [3.05, 3.63) is 11.8 Å². The van der Waals surface area contributed by atoms with Gasteiger partial charge in [-0.2, -0.15) is 10.1 Å². The van der Waals surface area contributed by atoms with Crippen LogP contribution in [0.5, 0.6) is 11.9 Å². The molecule has 130 valence electrons. The van der Waals surface area contributed by atoms with E-state index in [9.17, 15) is 5.11 Å². The van der Waals surface area contributed by atoms with Crippen molar-refractivity contribution in [1.29, 1.82) is 0 Å². The van der Waals surface area contributed by atoms with Gasteiger partial charge in [0, 0.05) is 18.0 Å². The highest BCUT2D eigenvalue weighted by Gasteiger charge is 2.55. The van der Waals surface area contributed by atoms with E-state index < -0.39 is 0 Å². The van der Waals surface area contributed by atoms with Gasteiger partial charge in [0.1, 0.15) is 5.17 Å². The summed E-state index contributed by atoms with van der Waals surface area (Å²) < 4.78 is 10.4. The summed E-state index contributed by atoms with van der Waals surface area (Å²) in [6.45, 7) is 3.88. The van der Waals surface area contributed by atoms with Crippen molar-refractivity contribution in [3.63, 3.8) is 0 Å². The molecule has 1 N–H and O–H groups in total. The highest BCUT2D eigenvalue weighted by atomic mass is 35.5. The maximum atomic E-state index is 9.85. The molecule has 8 heteroatoms. The minimum absolute atomic E-state index is 0.229. The summed E-state index contributed by atoms with van der Waals surface area (Å²) in [5, 5.41) is 18.7. The van der Waals surface area contributed by atoms with Gasteiger partial charge in [0.05, 0.1) is 31.6 Å². The molecule has 1 aliphatic heterocycles. The van der Waals surface area contributed by atoms with Gasteiger partial charge in [0.2, 0.25) is 5.88 Å². The van der Waals surface area contributed by atoms with Crippen LogP contribution in [0.2, 0.25) is 0 Å². The molecule has 4 atom stereocenters. The number of aliphatic hydroxyl groups excluding tert-OH is 1. The van der Waals surface area contributed by atoms with Gasteiger partial charge in [-0.3, -0.25) is 0 Å². The second-order valence-corrected chi connectivity index (χ2v) is 6.92. The van der Waals surface area contributed by atoms with Crippen LogP contribution in [-0.4, -0.2) is 46.3 Å². The van der Waals surface area contributed by atoms with Crippen LogP contribution in [0.4, 0.5) is 0 Å². The smallest absolute Gasteiger partial charge is 0.319 e. The molecule has 1 fully saturated rings. The molecule has 0 saturated heterocycles. The standard InChI is InChI=1S/C16H21ClN4O3/c1-8(22)9-5-11(9)16(2)6-12(20-21-14(16)17)10-7-18-15(24-4)19-13(10)23-3/h7-9,11,22H,5-6H2,1-4H3/t8?,9-,11+,16?/m1/s1. The lowest BCUT2D eigenvalue weighted by atomic mass is 9.77. The zero-order valence-electron chi connectivity index (χ0n) is 14.2. The van der Waals surface area contributed by atoms with Crippen LogP contribution in [0.15, 0.2) is 16.4 Å². The summed E-state index contributed by atoms with van der Waals surface area (Å²) in [5.74, 6) is 0.913. The summed E-state index contributed by atoms with van der Waals surface area (Å²) in [7, 11) is 3.03. The van der Waals surface area contributed by atoms with Crippen LogP contribution >= 0.6 is 11.6 Å². The Morgan fingerprint density at radius 2 is 2.08 bits per heavy atom. The highest BCUT2D eigenvalue weighted by molar-refractivity contribution is 6.67. The van der Waals surface area contributed by atoms with Gasteiger partial charge < -0.3 is 14.6 Å². The topological polar surface area (TPSA) is 89.2 Å². The van der Waals surface area contributed by atoms with Gasteiger partial charge in [-0.25, -0.2) is 4.98 Å². The Morgan fingerprint density at radius 1 is 1.33 bits per heavy atom. The van der Waals surface area contributed by atoms with E-state index in [0.717, 1.165) is 12.1 Å². The van der Waals surface area contributed by atoms with E-state index in [1.54, 1.807) is 6.20 Å². The molecule has 1 saturated carbocycles. The number of hydrogen-bond donors (Lipinski definition) is 1. The van der Waals surface area contributed by atoms with Gasteiger partial charge in [-0.05, 0) is 25.2 Å². The van der Waals surface area contributed by atoms with E-state index in [2.05, 4.69) is 27.1 Å². The van der Waals surface area contributed by atoms with E-state index in [0.29, 0.717) is 23.0 Å². The Morgan fingerprint density at radius 3 is 2.67 bits per heavy atom. The lowest BCUT2D eigenvalue weighted by Gasteiger charge is -2.31. The normalized spacial score (nSPS) is 30.2. The fourth-order valence-corrected chi connectivity index (χ4v) is 3.64. The van der Waals surface area contributed by atoms with Gasteiger partial charge in [-0.1, -0.05) is 18.5 Å². The third-order valence-corrected chi connectivity index (χ3v) is 5.47. The molecule has 7 nitrogen and oxygen atoms in total. The summed E-state index contributed by atoms with van der Waals surface area (Å²) >= 11 is 6.38. The second kappa shape index (κ2) is 6.29. The average Bonchev–Trinajstić information content (AvgIpc) is 3.38. The van der Waals surface area contributed by atoms with Crippen molar-refractivity contribution in [2.45, 2.75) is 32.8 Å². The Labute approximate surface area is 145 Å². The number of methoxy groups -OCH3 is 2. The third kappa shape index (κ3) is 2.86. The quantitative estimate of drug-likeness (QED) is 0.878. The zero-order valence-corrected chi connectivity index (χ0v) is 14.9. The van der Waals surface area contributed by atoms with E-state index in [-0.39, 0.29) is 29.4 Å². The van der Waals surface area contributed by atoms with E-state index in [1.807, 2.05) is 6.92 Å². The minimum atomic E-state index is -0.356. The van der Waals surface area contributed by atoms with Crippen molar-refractivity contribution >= 4 is 22.5 Å². The van der Waals surface area contributed by atoms with Crippen LogP contribution in [0.3, 0.4) is 0 Å². The molecule has 0 radical (unpaired) electrons. The maximum Gasteiger partial charge on any atom is 0.319 e. The van der Waals surface area contributed by atoms with Crippen molar-refractivity contribution in [2.75, 3.05) is 14.2 Å². The fourth-order valence-electron chi connectivity index (χ4n) is 3.39. The van der Waals surface area contributed by atoms with Crippen molar-refractivity contribution in [2.24, 2.45) is 27.5 Å². The van der Waals surface area contributed by atoms with Crippen molar-refractivity contribution < 1.29 is 14.6 Å². The zero-order chi connectivity index (χ0) is 17.5. The first-order chi connectivity index (χ1) is 11.4. The maximum absolute atomic E-state index is 9.85. The molecule has 2 heterocycles. The first kappa shape index (κ1) is 17.1. The Bertz CT molecular complexity index is 707. The van der Waals surface area contributed by atoms with E-state index >= 15 is 0 Å². The van der Waals surface area contributed by atoms with E-state index in [1.165, 1.54) is 14.2 Å². The number of aromatic nitrogens is 2. The molecule has 1 aromatic heterocycles. The molecule has 2 aliphatic rings. The predicted octanol–water partition coefficient (Wildman–Crippen LogP) is 2.26. The van der Waals surface area contributed by atoms with Crippen LogP contribution in [0, 0.1) is 17.3 Å². The summed E-state index contributed by atoms with van der Waals surface area (Å²) in [5.41, 5.74) is 1.04. The van der Waals surface area contributed by atoms with Crippen LogP contribution < -0.4 is 9.47 Å². The fraction of sp³-hybridized carbons (Fsp3) is 0.625. The molecule has 1 aliphatic carbocycles. The highest BCUT2D eigenvalue weighted by Crippen LogP contribution is 2.56. The predicted molar refractivity (Wildman–Crippen MR) is 91.0 cm³/mol. The number of hydrogen-bond acceptors (Lipinski definition) is 7. The lowest BCUT2D eigenvalue weighted by molar-refractivity contribution is 0.155. The second-order valence-electron chi connectivity index (χ2n) is 6.56. The summed E-state index contributed by atoms with van der Waals surface area (Å²) in [4.78, 5) is 8.33. The molecular weight excluding hydrogens is 332 g/mol. The van der Waals surface area contributed by atoms with Crippen molar-refractivity contribution in [1.82, 2.24) is 9.97 Å². The first-order valence-corrected chi connectivity index (χ1v) is 8.22. The molecule has 0 spiro atoms. The average molecular weight is 353 g/mol. The minimum Gasteiger partial charge on any atom is -0.480 e. The molecule has 3 rings (SSSR count). The molecule has 0 amide bonds. The Hall–Kier alpha value is -1.73. The van der Waals surface area contributed by atoms with Crippen LogP contribution in [-0.2, 0) is 0 Å². The van der Waals surface area contributed by atoms with Gasteiger partial charge in [0.15, 0.2) is 0 Å². The van der Waals surface area contributed by atoms with Gasteiger partial charge >= 0.3 is 6.01 Å². The number of nitrogens with zero attached hydrogens (tertiary/aromatic N) is 4. The largest absolute Gasteiger partial charge is 0.480 e.